The lowest BCUT2D eigenvalue weighted by molar-refractivity contribution is -0.0549. The molecule has 1 aromatic carbocycles. The minimum absolute atomic E-state index is 0.108. The third-order valence-electron chi connectivity index (χ3n) is 4.57. The molecule has 0 aliphatic heterocycles. The fraction of sp³-hybridized carbons (Fsp3) is 0.684. The first-order valence-electron chi connectivity index (χ1n) is 8.40. The van der Waals surface area contributed by atoms with Crippen LogP contribution in [-0.2, 0) is 11.2 Å². The Bertz CT molecular complexity index is 430. The Hall–Kier alpha value is -0.860. The van der Waals surface area contributed by atoms with Crippen LogP contribution in [0, 0.1) is 13.8 Å². The first-order valence-corrected chi connectivity index (χ1v) is 8.40. The van der Waals surface area contributed by atoms with Gasteiger partial charge in [0.15, 0.2) is 0 Å². The van der Waals surface area contributed by atoms with E-state index < -0.39 is 0 Å². The van der Waals surface area contributed by atoms with E-state index in [1.807, 2.05) is 0 Å². The van der Waals surface area contributed by atoms with E-state index >= 15 is 0 Å². The predicted molar refractivity (Wildman–Crippen MR) is 92.0 cm³/mol. The van der Waals surface area contributed by atoms with Gasteiger partial charge in [-0.25, -0.2) is 0 Å². The molecule has 120 valence electrons. The lowest BCUT2D eigenvalue weighted by atomic mass is 9.87. The number of hydrogen-bond donors (Lipinski definition) is 1. The third kappa shape index (κ3) is 5.12. The molecule has 0 saturated carbocycles. The third-order valence-corrected chi connectivity index (χ3v) is 4.57. The average molecular weight is 291 g/mol. The SMILES string of the molecule is CCCNC(Cc1ccc(C)c(C)c1)C(C)(CC)OCC. The van der Waals surface area contributed by atoms with E-state index in [-0.39, 0.29) is 5.60 Å². The number of rotatable bonds is 9. The van der Waals surface area contributed by atoms with E-state index in [1.54, 1.807) is 0 Å². The second kappa shape index (κ2) is 8.55. The van der Waals surface area contributed by atoms with Crippen LogP contribution in [0.15, 0.2) is 18.2 Å². The first-order chi connectivity index (χ1) is 9.96. The molecule has 2 unspecified atom stereocenters. The molecular weight excluding hydrogens is 258 g/mol. The van der Waals surface area contributed by atoms with E-state index in [9.17, 15) is 0 Å². The van der Waals surface area contributed by atoms with Gasteiger partial charge in [0.25, 0.3) is 0 Å². The molecule has 1 N–H and O–H groups in total. The maximum absolute atomic E-state index is 6.10. The zero-order valence-corrected chi connectivity index (χ0v) is 14.8. The second-order valence-electron chi connectivity index (χ2n) is 6.23. The average Bonchev–Trinajstić information content (AvgIpc) is 2.47. The van der Waals surface area contributed by atoms with Crippen LogP contribution in [0.1, 0.15) is 57.2 Å². The molecule has 1 aromatic rings. The summed E-state index contributed by atoms with van der Waals surface area (Å²) in [6.45, 7) is 14.9. The van der Waals surface area contributed by atoms with Gasteiger partial charge in [0, 0.05) is 12.6 Å². The van der Waals surface area contributed by atoms with Gasteiger partial charge in [-0.15, -0.1) is 0 Å². The van der Waals surface area contributed by atoms with Gasteiger partial charge in [-0.2, -0.15) is 0 Å². The molecule has 21 heavy (non-hydrogen) atoms. The van der Waals surface area contributed by atoms with Crippen molar-refractivity contribution in [2.75, 3.05) is 13.2 Å². The van der Waals surface area contributed by atoms with Crippen molar-refractivity contribution in [3.05, 3.63) is 34.9 Å². The molecule has 0 aromatic heterocycles. The van der Waals surface area contributed by atoms with Crippen LogP contribution in [0.25, 0.3) is 0 Å². The molecule has 0 fully saturated rings. The molecule has 0 amide bonds. The number of benzene rings is 1. The van der Waals surface area contributed by atoms with Crippen LogP contribution >= 0.6 is 0 Å². The summed E-state index contributed by atoms with van der Waals surface area (Å²) in [6, 6.07) is 7.15. The van der Waals surface area contributed by atoms with Crippen LogP contribution in [0.2, 0.25) is 0 Å². The van der Waals surface area contributed by atoms with E-state index in [2.05, 4.69) is 65.1 Å². The Balaban J connectivity index is 2.93. The molecule has 0 aliphatic rings. The monoisotopic (exact) mass is 291 g/mol. The maximum atomic E-state index is 6.10. The lowest BCUT2D eigenvalue weighted by Gasteiger charge is -2.38. The first kappa shape index (κ1) is 18.2. The lowest BCUT2D eigenvalue weighted by Crippen LogP contribution is -2.51. The normalized spacial score (nSPS) is 15.7. The summed E-state index contributed by atoms with van der Waals surface area (Å²) >= 11 is 0. The van der Waals surface area contributed by atoms with Crippen molar-refractivity contribution in [2.24, 2.45) is 0 Å². The van der Waals surface area contributed by atoms with Gasteiger partial charge in [-0.3, -0.25) is 0 Å². The summed E-state index contributed by atoms with van der Waals surface area (Å²) in [7, 11) is 0. The van der Waals surface area contributed by atoms with Crippen molar-refractivity contribution in [3.8, 4) is 0 Å². The zero-order chi connectivity index (χ0) is 15.9. The van der Waals surface area contributed by atoms with Crippen molar-refractivity contribution >= 4 is 0 Å². The highest BCUT2D eigenvalue weighted by Crippen LogP contribution is 2.24. The van der Waals surface area contributed by atoms with Crippen LogP contribution in [-0.4, -0.2) is 24.8 Å². The van der Waals surface area contributed by atoms with Gasteiger partial charge in [0.1, 0.15) is 0 Å². The van der Waals surface area contributed by atoms with Crippen molar-refractivity contribution in [1.82, 2.24) is 5.32 Å². The number of ether oxygens (including phenoxy) is 1. The molecule has 0 heterocycles. The molecule has 2 atom stereocenters. The fourth-order valence-electron chi connectivity index (χ4n) is 2.77. The highest BCUT2D eigenvalue weighted by molar-refractivity contribution is 5.30. The summed E-state index contributed by atoms with van der Waals surface area (Å²) in [6.07, 6.45) is 3.19. The van der Waals surface area contributed by atoms with Gasteiger partial charge in [-0.1, -0.05) is 32.0 Å². The predicted octanol–water partition coefficient (Wildman–Crippen LogP) is 4.42. The molecule has 0 saturated heterocycles. The van der Waals surface area contributed by atoms with Crippen LogP contribution in [0.4, 0.5) is 0 Å². The van der Waals surface area contributed by atoms with Gasteiger partial charge in [-0.05, 0) is 70.2 Å². The van der Waals surface area contributed by atoms with Crippen LogP contribution in [0.3, 0.4) is 0 Å². The summed E-state index contributed by atoms with van der Waals surface area (Å²) in [4.78, 5) is 0. The van der Waals surface area contributed by atoms with Crippen LogP contribution in [0.5, 0.6) is 0 Å². The molecule has 0 spiro atoms. The smallest absolute Gasteiger partial charge is 0.0807 e. The largest absolute Gasteiger partial charge is 0.374 e. The quantitative estimate of drug-likeness (QED) is 0.727. The van der Waals surface area contributed by atoms with Crippen molar-refractivity contribution in [3.63, 3.8) is 0 Å². The number of aryl methyl sites for hydroxylation is 2. The molecule has 2 nitrogen and oxygen atoms in total. The molecule has 0 bridgehead atoms. The Kier molecular flexibility index (Phi) is 7.41. The van der Waals surface area contributed by atoms with E-state index in [0.29, 0.717) is 6.04 Å². The highest BCUT2D eigenvalue weighted by Gasteiger charge is 2.32. The number of nitrogens with one attached hydrogen (secondary N) is 1. The molecular formula is C19H33NO. The topological polar surface area (TPSA) is 21.3 Å². The van der Waals surface area contributed by atoms with Crippen LogP contribution < -0.4 is 5.32 Å². The zero-order valence-electron chi connectivity index (χ0n) is 14.8. The summed E-state index contributed by atoms with van der Waals surface area (Å²) in [5.41, 5.74) is 4.02. The maximum Gasteiger partial charge on any atom is 0.0807 e. The van der Waals surface area contributed by atoms with E-state index in [0.717, 1.165) is 32.4 Å². The minimum atomic E-state index is -0.108. The van der Waals surface area contributed by atoms with Gasteiger partial charge in [0.2, 0.25) is 0 Å². The van der Waals surface area contributed by atoms with Gasteiger partial charge >= 0.3 is 0 Å². The Labute approximate surface area is 131 Å². The van der Waals surface area contributed by atoms with E-state index in [4.69, 9.17) is 4.74 Å². The van der Waals surface area contributed by atoms with Crippen molar-refractivity contribution < 1.29 is 4.74 Å². The molecule has 0 radical (unpaired) electrons. The Morgan fingerprint density at radius 1 is 1.14 bits per heavy atom. The fourth-order valence-corrected chi connectivity index (χ4v) is 2.77. The molecule has 1 rings (SSSR count). The number of hydrogen-bond acceptors (Lipinski definition) is 2. The summed E-state index contributed by atoms with van der Waals surface area (Å²) < 4.78 is 6.10. The van der Waals surface area contributed by atoms with Crippen molar-refractivity contribution in [2.45, 2.75) is 72.4 Å². The Morgan fingerprint density at radius 2 is 1.86 bits per heavy atom. The summed E-state index contributed by atoms with van der Waals surface area (Å²) in [5, 5.41) is 3.70. The standard InChI is InChI=1S/C19H33NO/c1-7-12-20-18(19(6,8-2)21-9-3)14-17-11-10-15(4)16(5)13-17/h10-11,13,18,20H,7-9,12,14H2,1-6H3. The van der Waals surface area contributed by atoms with Gasteiger partial charge < -0.3 is 10.1 Å². The minimum Gasteiger partial charge on any atom is -0.374 e. The van der Waals surface area contributed by atoms with Crippen molar-refractivity contribution in [1.29, 1.82) is 0 Å². The highest BCUT2D eigenvalue weighted by atomic mass is 16.5. The van der Waals surface area contributed by atoms with Gasteiger partial charge in [0.05, 0.1) is 5.60 Å². The summed E-state index contributed by atoms with van der Waals surface area (Å²) in [5.74, 6) is 0. The second-order valence-corrected chi connectivity index (χ2v) is 6.23. The molecule has 2 heteroatoms. The molecule has 0 aliphatic carbocycles. The Morgan fingerprint density at radius 3 is 2.38 bits per heavy atom. The van der Waals surface area contributed by atoms with E-state index in [1.165, 1.54) is 16.7 Å².